The Labute approximate surface area is 93.4 Å². The summed E-state index contributed by atoms with van der Waals surface area (Å²) in [4.78, 5) is 2.83. The quantitative estimate of drug-likeness (QED) is 0.742. The molecule has 2 aliphatic carbocycles. The van der Waals surface area contributed by atoms with Crippen LogP contribution in [0.3, 0.4) is 0 Å². The average molecular weight is 208 g/mol. The maximum absolute atomic E-state index is 3.47. The number of hydrogen-bond donors (Lipinski definition) is 1. The summed E-state index contributed by atoms with van der Waals surface area (Å²) >= 11 is 0. The second-order valence-corrected chi connectivity index (χ2v) is 5.82. The summed E-state index contributed by atoms with van der Waals surface area (Å²) < 4.78 is 0. The highest BCUT2D eigenvalue weighted by Gasteiger charge is 2.34. The van der Waals surface area contributed by atoms with Gasteiger partial charge in [-0.3, -0.25) is 4.90 Å². The molecule has 2 nitrogen and oxygen atoms in total. The molecule has 3 aliphatic rings. The Morgan fingerprint density at radius 3 is 1.93 bits per heavy atom. The second-order valence-electron chi connectivity index (χ2n) is 5.82. The summed E-state index contributed by atoms with van der Waals surface area (Å²) in [6.45, 7) is 5.34. The first-order valence-electron chi connectivity index (χ1n) is 6.86. The Balaban J connectivity index is 1.47. The summed E-state index contributed by atoms with van der Waals surface area (Å²) in [6.07, 6.45) is 8.81. The van der Waals surface area contributed by atoms with Gasteiger partial charge in [0.1, 0.15) is 0 Å². The molecule has 0 spiro atoms. The fraction of sp³-hybridized carbons (Fsp3) is 1.00. The van der Waals surface area contributed by atoms with E-state index in [4.69, 9.17) is 0 Å². The SMILES string of the molecule is C1CC(CN(CC2CC2)C2CC2)CCN1. The molecule has 1 saturated heterocycles. The van der Waals surface area contributed by atoms with Gasteiger partial charge in [-0.2, -0.15) is 0 Å². The predicted molar refractivity (Wildman–Crippen MR) is 62.9 cm³/mol. The van der Waals surface area contributed by atoms with E-state index in [9.17, 15) is 0 Å². The zero-order valence-corrected chi connectivity index (χ0v) is 9.75. The van der Waals surface area contributed by atoms with Gasteiger partial charge in [-0.1, -0.05) is 0 Å². The fourth-order valence-corrected chi connectivity index (χ4v) is 2.84. The lowest BCUT2D eigenvalue weighted by Crippen LogP contribution is -2.38. The molecular formula is C13H24N2. The van der Waals surface area contributed by atoms with Crippen molar-refractivity contribution >= 4 is 0 Å². The van der Waals surface area contributed by atoms with Crippen molar-refractivity contribution in [3.05, 3.63) is 0 Å². The fourth-order valence-electron chi connectivity index (χ4n) is 2.84. The van der Waals surface area contributed by atoms with Crippen LogP contribution in [0.25, 0.3) is 0 Å². The Kier molecular flexibility index (Phi) is 2.98. The van der Waals surface area contributed by atoms with E-state index in [1.807, 2.05) is 0 Å². The van der Waals surface area contributed by atoms with Crippen LogP contribution in [0.2, 0.25) is 0 Å². The highest BCUT2D eigenvalue weighted by molar-refractivity contribution is 4.89. The maximum Gasteiger partial charge on any atom is 0.00966 e. The van der Waals surface area contributed by atoms with Crippen LogP contribution in [0.15, 0.2) is 0 Å². The third-order valence-electron chi connectivity index (χ3n) is 4.20. The van der Waals surface area contributed by atoms with Crippen LogP contribution in [0.4, 0.5) is 0 Å². The van der Waals surface area contributed by atoms with Gasteiger partial charge in [-0.15, -0.1) is 0 Å². The van der Waals surface area contributed by atoms with Crippen LogP contribution >= 0.6 is 0 Å². The first-order valence-corrected chi connectivity index (χ1v) is 6.86. The third-order valence-corrected chi connectivity index (χ3v) is 4.20. The molecule has 15 heavy (non-hydrogen) atoms. The van der Waals surface area contributed by atoms with Gasteiger partial charge in [0, 0.05) is 19.1 Å². The van der Waals surface area contributed by atoms with Crippen LogP contribution in [0.5, 0.6) is 0 Å². The monoisotopic (exact) mass is 208 g/mol. The van der Waals surface area contributed by atoms with Crippen molar-refractivity contribution in [1.29, 1.82) is 0 Å². The van der Waals surface area contributed by atoms with Gasteiger partial charge in [-0.25, -0.2) is 0 Å². The molecule has 2 heteroatoms. The number of hydrogen-bond acceptors (Lipinski definition) is 2. The molecule has 0 bridgehead atoms. The Hall–Kier alpha value is -0.0800. The van der Waals surface area contributed by atoms with Gasteiger partial charge in [0.15, 0.2) is 0 Å². The summed E-state index contributed by atoms with van der Waals surface area (Å²) in [7, 11) is 0. The number of piperidine rings is 1. The van der Waals surface area contributed by atoms with Gasteiger partial charge in [0.25, 0.3) is 0 Å². The summed E-state index contributed by atoms with van der Waals surface area (Å²) in [5, 5.41) is 3.47. The first-order chi connectivity index (χ1) is 7.42. The zero-order chi connectivity index (χ0) is 10.1. The molecule has 0 atom stereocenters. The van der Waals surface area contributed by atoms with Crippen molar-refractivity contribution in [3.63, 3.8) is 0 Å². The summed E-state index contributed by atoms with van der Waals surface area (Å²) in [6, 6.07) is 0.987. The predicted octanol–water partition coefficient (Wildman–Crippen LogP) is 1.86. The minimum absolute atomic E-state index is 0.987. The molecule has 0 radical (unpaired) electrons. The largest absolute Gasteiger partial charge is 0.317 e. The molecule has 0 unspecified atom stereocenters. The van der Waals surface area contributed by atoms with E-state index < -0.39 is 0 Å². The van der Waals surface area contributed by atoms with E-state index >= 15 is 0 Å². The lowest BCUT2D eigenvalue weighted by molar-refractivity contribution is 0.191. The molecule has 3 rings (SSSR count). The van der Waals surface area contributed by atoms with Gasteiger partial charge in [0.2, 0.25) is 0 Å². The molecule has 1 aliphatic heterocycles. The Morgan fingerprint density at radius 1 is 0.800 bits per heavy atom. The number of nitrogens with zero attached hydrogens (tertiary/aromatic N) is 1. The maximum atomic E-state index is 3.47. The van der Waals surface area contributed by atoms with Crippen molar-refractivity contribution in [2.45, 2.75) is 44.6 Å². The van der Waals surface area contributed by atoms with Gasteiger partial charge in [0.05, 0.1) is 0 Å². The normalized spacial score (nSPS) is 28.6. The van der Waals surface area contributed by atoms with E-state index in [1.165, 1.54) is 64.7 Å². The molecule has 1 N–H and O–H groups in total. The number of rotatable bonds is 5. The topological polar surface area (TPSA) is 15.3 Å². The minimum atomic E-state index is 0.987. The molecule has 0 aromatic rings. The van der Waals surface area contributed by atoms with Crippen LogP contribution < -0.4 is 5.32 Å². The van der Waals surface area contributed by atoms with Crippen molar-refractivity contribution in [2.24, 2.45) is 11.8 Å². The molecule has 0 amide bonds. The number of nitrogens with one attached hydrogen (secondary N) is 1. The molecule has 0 aromatic carbocycles. The lowest BCUT2D eigenvalue weighted by atomic mass is 9.97. The van der Waals surface area contributed by atoms with Crippen molar-refractivity contribution in [3.8, 4) is 0 Å². The molecular weight excluding hydrogens is 184 g/mol. The van der Waals surface area contributed by atoms with Gasteiger partial charge >= 0.3 is 0 Å². The van der Waals surface area contributed by atoms with Crippen LogP contribution in [-0.4, -0.2) is 37.1 Å². The summed E-state index contributed by atoms with van der Waals surface area (Å²) in [5.41, 5.74) is 0. The van der Waals surface area contributed by atoms with E-state index in [-0.39, 0.29) is 0 Å². The highest BCUT2D eigenvalue weighted by atomic mass is 15.2. The molecule has 0 aromatic heterocycles. The highest BCUT2D eigenvalue weighted by Crippen LogP contribution is 2.35. The van der Waals surface area contributed by atoms with Gasteiger partial charge in [-0.05, 0) is 63.5 Å². The third kappa shape index (κ3) is 2.94. The molecule has 2 saturated carbocycles. The van der Waals surface area contributed by atoms with Crippen molar-refractivity contribution in [2.75, 3.05) is 26.2 Å². The van der Waals surface area contributed by atoms with E-state index in [1.54, 1.807) is 0 Å². The smallest absolute Gasteiger partial charge is 0.00966 e. The lowest BCUT2D eigenvalue weighted by Gasteiger charge is -2.30. The van der Waals surface area contributed by atoms with E-state index in [2.05, 4.69) is 10.2 Å². The average Bonchev–Trinajstić information content (AvgIpc) is 3.13. The standard InChI is InChI=1S/C13H24N2/c1-2-11(1)9-15(13-3-4-13)10-12-5-7-14-8-6-12/h11-14H,1-10H2. The zero-order valence-electron chi connectivity index (χ0n) is 9.75. The molecule has 1 heterocycles. The van der Waals surface area contributed by atoms with E-state index in [0.717, 1.165) is 17.9 Å². The minimum Gasteiger partial charge on any atom is -0.317 e. The Bertz CT molecular complexity index is 203. The van der Waals surface area contributed by atoms with E-state index in [0.29, 0.717) is 0 Å². The van der Waals surface area contributed by atoms with Crippen LogP contribution in [-0.2, 0) is 0 Å². The van der Waals surface area contributed by atoms with Crippen LogP contribution in [0.1, 0.15) is 38.5 Å². The van der Waals surface area contributed by atoms with Crippen LogP contribution in [0, 0.1) is 11.8 Å². The second kappa shape index (κ2) is 4.42. The summed E-state index contributed by atoms with van der Waals surface area (Å²) in [5.74, 6) is 2.07. The van der Waals surface area contributed by atoms with Crippen molar-refractivity contribution < 1.29 is 0 Å². The van der Waals surface area contributed by atoms with Crippen molar-refractivity contribution in [1.82, 2.24) is 10.2 Å². The molecule has 3 fully saturated rings. The first kappa shape index (κ1) is 10.1. The Morgan fingerprint density at radius 2 is 1.40 bits per heavy atom. The van der Waals surface area contributed by atoms with Gasteiger partial charge < -0.3 is 5.32 Å². The molecule has 86 valence electrons.